The van der Waals surface area contributed by atoms with Crippen molar-refractivity contribution in [1.82, 2.24) is 10.3 Å². The minimum Gasteiger partial charge on any atom is -0.461 e. The number of esters is 2. The molecule has 1 heterocycles. The predicted molar refractivity (Wildman–Crippen MR) is 78.8 cm³/mol. The van der Waals surface area contributed by atoms with Crippen LogP contribution in [0.5, 0.6) is 0 Å². The molecule has 0 fully saturated rings. The van der Waals surface area contributed by atoms with Crippen molar-refractivity contribution in [3.8, 4) is 0 Å². The van der Waals surface area contributed by atoms with Crippen molar-refractivity contribution in [3.05, 3.63) is 22.5 Å². The SMILES string of the molecule is CCOC(=O)c1[nH]c(C)c(C(=O)O[C@@H](C)C(=O)NC(N)=O)c1C. The first-order chi connectivity index (χ1) is 10.7. The van der Waals surface area contributed by atoms with Crippen LogP contribution < -0.4 is 11.1 Å². The fourth-order valence-electron chi connectivity index (χ4n) is 1.96. The number of urea groups is 1. The van der Waals surface area contributed by atoms with Crippen LogP contribution in [0.2, 0.25) is 0 Å². The lowest BCUT2D eigenvalue weighted by Gasteiger charge is -2.12. The molecule has 1 aromatic heterocycles. The number of carbonyl (C=O) groups is 4. The third-order valence-corrected chi connectivity index (χ3v) is 3.02. The van der Waals surface area contributed by atoms with Gasteiger partial charge in [-0.25, -0.2) is 14.4 Å². The topological polar surface area (TPSA) is 141 Å². The molecule has 9 nitrogen and oxygen atoms in total. The van der Waals surface area contributed by atoms with Crippen molar-refractivity contribution < 1.29 is 28.7 Å². The number of nitrogens with two attached hydrogens (primary N) is 1. The third-order valence-electron chi connectivity index (χ3n) is 3.02. The normalized spacial score (nSPS) is 11.5. The van der Waals surface area contributed by atoms with E-state index in [2.05, 4.69) is 4.98 Å². The molecular formula is C14H19N3O6. The van der Waals surface area contributed by atoms with Crippen LogP contribution in [0.15, 0.2) is 0 Å². The zero-order valence-electron chi connectivity index (χ0n) is 13.3. The van der Waals surface area contributed by atoms with Gasteiger partial charge in [-0.2, -0.15) is 0 Å². The number of amides is 3. The monoisotopic (exact) mass is 325 g/mol. The maximum atomic E-state index is 12.2. The molecule has 0 aliphatic carbocycles. The molecule has 0 aromatic carbocycles. The summed E-state index contributed by atoms with van der Waals surface area (Å²) in [5, 5.41) is 1.81. The van der Waals surface area contributed by atoms with E-state index < -0.39 is 30.0 Å². The molecule has 1 atom stereocenters. The Morgan fingerprint density at radius 3 is 2.35 bits per heavy atom. The van der Waals surface area contributed by atoms with Gasteiger partial charge in [-0.15, -0.1) is 0 Å². The van der Waals surface area contributed by atoms with Crippen molar-refractivity contribution in [2.45, 2.75) is 33.8 Å². The summed E-state index contributed by atoms with van der Waals surface area (Å²) in [6, 6.07) is -1.04. The smallest absolute Gasteiger partial charge is 0.355 e. The summed E-state index contributed by atoms with van der Waals surface area (Å²) >= 11 is 0. The molecule has 4 N–H and O–H groups in total. The summed E-state index contributed by atoms with van der Waals surface area (Å²) in [6.07, 6.45) is -1.23. The minimum absolute atomic E-state index is 0.131. The number of imide groups is 1. The third kappa shape index (κ3) is 4.31. The lowest BCUT2D eigenvalue weighted by molar-refractivity contribution is -0.127. The van der Waals surface area contributed by atoms with Gasteiger partial charge in [0.1, 0.15) is 5.69 Å². The Morgan fingerprint density at radius 2 is 1.83 bits per heavy atom. The maximum absolute atomic E-state index is 12.2. The van der Waals surface area contributed by atoms with E-state index in [-0.39, 0.29) is 17.9 Å². The average molecular weight is 325 g/mol. The molecule has 1 rings (SSSR count). The number of H-pyrrole nitrogens is 1. The Hall–Kier alpha value is -2.84. The van der Waals surface area contributed by atoms with Gasteiger partial charge in [0, 0.05) is 5.69 Å². The molecule has 0 aliphatic rings. The Morgan fingerprint density at radius 1 is 1.22 bits per heavy atom. The number of nitrogens with one attached hydrogen (secondary N) is 2. The molecule has 1 aromatic rings. The standard InChI is InChI=1S/C14H19N3O6/c1-5-22-13(20)10-6(2)9(7(3)16-10)12(19)23-8(4)11(18)17-14(15)21/h8,16H,5H2,1-4H3,(H3,15,17,18,21)/t8-/m0/s1. The number of ether oxygens (including phenoxy) is 2. The highest BCUT2D eigenvalue weighted by Crippen LogP contribution is 2.20. The average Bonchev–Trinajstić information content (AvgIpc) is 2.73. The highest BCUT2D eigenvalue weighted by atomic mass is 16.5. The van der Waals surface area contributed by atoms with E-state index in [9.17, 15) is 19.2 Å². The number of aryl methyl sites for hydroxylation is 1. The van der Waals surface area contributed by atoms with Gasteiger partial charge in [-0.05, 0) is 33.3 Å². The first-order valence-corrected chi connectivity index (χ1v) is 6.86. The van der Waals surface area contributed by atoms with Crippen LogP contribution in [0.4, 0.5) is 4.79 Å². The Labute approximate surface area is 132 Å². The van der Waals surface area contributed by atoms with E-state index in [4.69, 9.17) is 15.2 Å². The minimum atomic E-state index is -1.23. The Balaban J connectivity index is 2.94. The first kappa shape index (κ1) is 18.2. The van der Waals surface area contributed by atoms with Gasteiger partial charge in [0.05, 0.1) is 12.2 Å². The number of carbonyl (C=O) groups excluding carboxylic acids is 4. The van der Waals surface area contributed by atoms with Gasteiger partial charge < -0.3 is 20.2 Å². The number of primary amides is 1. The second-order valence-corrected chi connectivity index (χ2v) is 4.75. The molecule has 3 amide bonds. The molecule has 0 radical (unpaired) electrons. The van der Waals surface area contributed by atoms with Crippen LogP contribution >= 0.6 is 0 Å². The summed E-state index contributed by atoms with van der Waals surface area (Å²) in [4.78, 5) is 48.9. The van der Waals surface area contributed by atoms with Crippen LogP contribution in [-0.2, 0) is 14.3 Å². The summed E-state index contributed by atoms with van der Waals surface area (Å²) in [5.74, 6) is -2.24. The number of hydrogen-bond acceptors (Lipinski definition) is 6. The van der Waals surface area contributed by atoms with Gasteiger partial charge in [0.15, 0.2) is 6.10 Å². The fourth-order valence-corrected chi connectivity index (χ4v) is 1.96. The number of aromatic amines is 1. The van der Waals surface area contributed by atoms with E-state index in [1.54, 1.807) is 20.8 Å². The van der Waals surface area contributed by atoms with E-state index >= 15 is 0 Å². The lowest BCUT2D eigenvalue weighted by Crippen LogP contribution is -2.42. The van der Waals surface area contributed by atoms with Gasteiger partial charge >= 0.3 is 18.0 Å². The fraction of sp³-hybridized carbons (Fsp3) is 0.429. The van der Waals surface area contributed by atoms with E-state index in [1.807, 2.05) is 5.32 Å². The largest absolute Gasteiger partial charge is 0.461 e. The molecule has 0 saturated carbocycles. The summed E-state index contributed by atoms with van der Waals surface area (Å²) in [7, 11) is 0. The van der Waals surface area contributed by atoms with E-state index in [0.29, 0.717) is 11.3 Å². The molecule has 0 bridgehead atoms. The lowest BCUT2D eigenvalue weighted by atomic mass is 10.1. The molecule has 0 aliphatic heterocycles. The van der Waals surface area contributed by atoms with E-state index in [1.165, 1.54) is 6.92 Å². The molecule has 0 saturated heterocycles. The van der Waals surface area contributed by atoms with Crippen molar-refractivity contribution in [3.63, 3.8) is 0 Å². The molecular weight excluding hydrogens is 306 g/mol. The molecule has 9 heteroatoms. The summed E-state index contributed by atoms with van der Waals surface area (Å²) in [5.41, 5.74) is 5.85. The van der Waals surface area contributed by atoms with E-state index in [0.717, 1.165) is 0 Å². The van der Waals surface area contributed by atoms with Crippen molar-refractivity contribution >= 4 is 23.9 Å². The highest BCUT2D eigenvalue weighted by molar-refractivity contribution is 6.01. The van der Waals surface area contributed by atoms with Gasteiger partial charge in [-0.3, -0.25) is 10.1 Å². The number of aromatic nitrogens is 1. The maximum Gasteiger partial charge on any atom is 0.355 e. The van der Waals surface area contributed by atoms with Crippen LogP contribution in [0.25, 0.3) is 0 Å². The molecule has 23 heavy (non-hydrogen) atoms. The molecule has 0 unspecified atom stereocenters. The van der Waals surface area contributed by atoms with Crippen LogP contribution in [0, 0.1) is 13.8 Å². The highest BCUT2D eigenvalue weighted by Gasteiger charge is 2.26. The Kier molecular flexibility index (Phi) is 5.88. The second kappa shape index (κ2) is 7.43. The quantitative estimate of drug-likeness (QED) is 0.675. The summed E-state index contributed by atoms with van der Waals surface area (Å²) < 4.78 is 9.87. The molecule has 126 valence electrons. The van der Waals surface area contributed by atoms with Crippen LogP contribution in [0.1, 0.15) is 46.0 Å². The van der Waals surface area contributed by atoms with Crippen LogP contribution in [0.3, 0.4) is 0 Å². The molecule has 0 spiro atoms. The zero-order chi connectivity index (χ0) is 17.7. The van der Waals surface area contributed by atoms with Gasteiger partial charge in [-0.1, -0.05) is 0 Å². The second-order valence-electron chi connectivity index (χ2n) is 4.75. The first-order valence-electron chi connectivity index (χ1n) is 6.86. The van der Waals surface area contributed by atoms with Crippen molar-refractivity contribution in [2.24, 2.45) is 5.73 Å². The van der Waals surface area contributed by atoms with Crippen molar-refractivity contribution in [1.29, 1.82) is 0 Å². The zero-order valence-corrected chi connectivity index (χ0v) is 13.3. The van der Waals surface area contributed by atoms with Gasteiger partial charge in [0.2, 0.25) is 0 Å². The van der Waals surface area contributed by atoms with Crippen molar-refractivity contribution in [2.75, 3.05) is 6.61 Å². The number of hydrogen-bond donors (Lipinski definition) is 3. The summed E-state index contributed by atoms with van der Waals surface area (Å²) in [6.45, 7) is 6.29. The van der Waals surface area contributed by atoms with Crippen LogP contribution in [-0.4, -0.2) is 41.6 Å². The predicted octanol–water partition coefficient (Wildman–Crippen LogP) is 0.548. The van der Waals surface area contributed by atoms with Gasteiger partial charge in [0.25, 0.3) is 5.91 Å². The Bertz CT molecular complexity index is 649. The number of rotatable bonds is 5.